The maximum atomic E-state index is 13.1. The maximum Gasteiger partial charge on any atom is 0.277 e. The summed E-state index contributed by atoms with van der Waals surface area (Å²) in [4.78, 5) is 30.5. The van der Waals surface area contributed by atoms with Gasteiger partial charge >= 0.3 is 0 Å². The van der Waals surface area contributed by atoms with Crippen LogP contribution in [-0.2, 0) is 37.3 Å². The molecule has 2 aromatic heterocycles. The average Bonchev–Trinajstić information content (AvgIpc) is 3.46. The molecule has 0 spiro atoms. The lowest BCUT2D eigenvalue weighted by molar-refractivity contribution is -0.124. The molecule has 0 aliphatic carbocycles. The van der Waals surface area contributed by atoms with Gasteiger partial charge < -0.3 is 16.0 Å². The number of nitrogens with zero attached hydrogens (tertiary/aromatic N) is 4. The fourth-order valence-corrected chi connectivity index (χ4v) is 4.57. The first-order valence-electron chi connectivity index (χ1n) is 11.6. The van der Waals surface area contributed by atoms with E-state index < -0.39 is 6.04 Å². The van der Waals surface area contributed by atoms with Crippen molar-refractivity contribution in [3.05, 3.63) is 75.7 Å². The third-order valence-electron chi connectivity index (χ3n) is 6.29. The number of carbonyl (C=O) groups is 1. The van der Waals surface area contributed by atoms with Crippen LogP contribution in [-0.4, -0.2) is 38.3 Å². The Hall–Kier alpha value is -3.46. The number of rotatable bonds is 8. The highest BCUT2D eigenvalue weighted by Crippen LogP contribution is 2.23. The third kappa shape index (κ3) is 4.68. The topological polar surface area (TPSA) is 106 Å². The highest BCUT2D eigenvalue weighted by atomic mass is 16.2. The van der Waals surface area contributed by atoms with Crippen LogP contribution < -0.4 is 21.5 Å². The number of nitrogens with one attached hydrogen (secondary N) is 3. The van der Waals surface area contributed by atoms with Gasteiger partial charge in [-0.3, -0.25) is 18.8 Å². The molecule has 1 amide bonds. The summed E-state index contributed by atoms with van der Waals surface area (Å²) >= 11 is 0. The fourth-order valence-electron chi connectivity index (χ4n) is 4.57. The predicted molar refractivity (Wildman–Crippen MR) is 125 cm³/mol. The molecule has 0 fully saturated rings. The van der Waals surface area contributed by atoms with Gasteiger partial charge in [0.15, 0.2) is 0 Å². The molecule has 4 heterocycles. The summed E-state index contributed by atoms with van der Waals surface area (Å²) in [5.41, 5.74) is 3.50. The van der Waals surface area contributed by atoms with Crippen LogP contribution in [0.5, 0.6) is 0 Å². The van der Waals surface area contributed by atoms with Crippen molar-refractivity contribution in [3.8, 4) is 0 Å². The van der Waals surface area contributed by atoms with E-state index in [1.807, 2.05) is 28.9 Å². The number of anilines is 1. The van der Waals surface area contributed by atoms with Gasteiger partial charge in [-0.1, -0.05) is 30.3 Å². The van der Waals surface area contributed by atoms with E-state index in [1.54, 1.807) is 10.8 Å². The van der Waals surface area contributed by atoms with Crippen LogP contribution in [0.4, 0.5) is 5.69 Å². The molecule has 3 N–H and O–H groups in total. The molecule has 172 valence electrons. The van der Waals surface area contributed by atoms with E-state index in [0.717, 1.165) is 43.9 Å². The summed E-state index contributed by atoms with van der Waals surface area (Å²) in [6.07, 6.45) is 4.63. The molecule has 2 aliphatic rings. The van der Waals surface area contributed by atoms with E-state index in [2.05, 4.69) is 38.2 Å². The van der Waals surface area contributed by atoms with E-state index in [9.17, 15) is 9.59 Å². The Kier molecular flexibility index (Phi) is 6.21. The molecule has 0 unspecified atom stereocenters. The summed E-state index contributed by atoms with van der Waals surface area (Å²) in [6, 6.07) is 11.7. The number of carbonyl (C=O) groups excluding carboxylic acids is 1. The second-order valence-electron chi connectivity index (χ2n) is 8.58. The highest BCUT2D eigenvalue weighted by molar-refractivity contribution is 5.80. The smallest absolute Gasteiger partial charge is 0.277 e. The lowest BCUT2D eigenvalue weighted by Crippen LogP contribution is -2.36. The summed E-state index contributed by atoms with van der Waals surface area (Å²) in [5, 5.41) is 14.1. The molecular formula is C24H29N7O2. The Balaban J connectivity index is 1.20. The SMILES string of the molecule is O=C(NCc1cc2n(n1)CCNC2)[C@@H]1CCc2ncc(NCCCc3ccccc3)c(=O)n21. The molecule has 5 rings (SSSR count). The van der Waals surface area contributed by atoms with Gasteiger partial charge in [0.05, 0.1) is 30.7 Å². The molecule has 1 atom stereocenters. The average molecular weight is 448 g/mol. The molecule has 33 heavy (non-hydrogen) atoms. The van der Waals surface area contributed by atoms with Crippen molar-refractivity contribution in [2.45, 2.75) is 51.4 Å². The Morgan fingerprint density at radius 1 is 1.24 bits per heavy atom. The number of aromatic nitrogens is 4. The van der Waals surface area contributed by atoms with Gasteiger partial charge in [0.25, 0.3) is 5.56 Å². The molecular weight excluding hydrogens is 418 g/mol. The number of hydrogen-bond donors (Lipinski definition) is 3. The van der Waals surface area contributed by atoms with E-state index >= 15 is 0 Å². The number of benzene rings is 1. The number of aryl methyl sites for hydroxylation is 2. The maximum absolute atomic E-state index is 13.1. The molecule has 9 nitrogen and oxygen atoms in total. The van der Waals surface area contributed by atoms with Crippen molar-refractivity contribution in [2.24, 2.45) is 0 Å². The molecule has 3 aromatic rings. The van der Waals surface area contributed by atoms with Crippen LogP contribution in [0.1, 0.15) is 41.7 Å². The Morgan fingerprint density at radius 2 is 2.12 bits per heavy atom. The first-order valence-corrected chi connectivity index (χ1v) is 11.6. The monoisotopic (exact) mass is 447 g/mol. The fraction of sp³-hybridized carbons (Fsp3) is 0.417. The minimum Gasteiger partial charge on any atom is -0.379 e. The van der Waals surface area contributed by atoms with Gasteiger partial charge in [0, 0.05) is 26.1 Å². The first kappa shape index (κ1) is 21.4. The van der Waals surface area contributed by atoms with Gasteiger partial charge in [0.1, 0.15) is 17.6 Å². The van der Waals surface area contributed by atoms with Crippen LogP contribution in [0.2, 0.25) is 0 Å². The minimum absolute atomic E-state index is 0.164. The highest BCUT2D eigenvalue weighted by Gasteiger charge is 2.31. The minimum atomic E-state index is -0.537. The van der Waals surface area contributed by atoms with Gasteiger partial charge in [0.2, 0.25) is 5.91 Å². The van der Waals surface area contributed by atoms with Gasteiger partial charge in [-0.15, -0.1) is 0 Å². The van der Waals surface area contributed by atoms with Gasteiger partial charge in [-0.05, 0) is 30.9 Å². The third-order valence-corrected chi connectivity index (χ3v) is 6.29. The van der Waals surface area contributed by atoms with Gasteiger partial charge in [-0.2, -0.15) is 5.10 Å². The first-order chi connectivity index (χ1) is 16.2. The van der Waals surface area contributed by atoms with Crippen LogP contribution >= 0.6 is 0 Å². The van der Waals surface area contributed by atoms with Crippen molar-refractivity contribution >= 4 is 11.6 Å². The standard InChI is InChI=1S/C24H29N7O2/c32-23(28-14-18-13-19-15-25-11-12-30(19)29-18)21-8-9-22-27-16-20(24(33)31(21)22)26-10-4-7-17-5-2-1-3-6-17/h1-3,5-6,13,16,21,25-26H,4,7-12,14-15H2,(H,28,32)/t21-/m0/s1. The van der Waals surface area contributed by atoms with Crippen molar-refractivity contribution in [1.82, 2.24) is 30.0 Å². The number of amides is 1. The van der Waals surface area contributed by atoms with Crippen LogP contribution in [0.25, 0.3) is 0 Å². The normalized spacial score (nSPS) is 16.8. The Morgan fingerprint density at radius 3 is 2.97 bits per heavy atom. The molecule has 0 saturated heterocycles. The van der Waals surface area contributed by atoms with Gasteiger partial charge in [-0.25, -0.2) is 4.98 Å². The zero-order chi connectivity index (χ0) is 22.6. The lowest BCUT2D eigenvalue weighted by Gasteiger charge is -2.15. The second kappa shape index (κ2) is 9.58. The summed E-state index contributed by atoms with van der Waals surface area (Å²) in [6.45, 7) is 3.55. The molecule has 0 radical (unpaired) electrons. The van der Waals surface area contributed by atoms with Crippen molar-refractivity contribution in [3.63, 3.8) is 0 Å². The largest absolute Gasteiger partial charge is 0.379 e. The van der Waals surface area contributed by atoms with E-state index in [1.165, 1.54) is 5.56 Å². The summed E-state index contributed by atoms with van der Waals surface area (Å²) in [7, 11) is 0. The summed E-state index contributed by atoms with van der Waals surface area (Å²) < 4.78 is 3.53. The molecule has 0 bridgehead atoms. The Labute approximate surface area is 192 Å². The van der Waals surface area contributed by atoms with E-state index in [-0.39, 0.29) is 11.5 Å². The Bertz CT molecular complexity index is 1160. The molecule has 1 aromatic carbocycles. The quantitative estimate of drug-likeness (QED) is 0.451. The summed E-state index contributed by atoms with van der Waals surface area (Å²) in [5.74, 6) is 0.501. The number of fused-ring (bicyclic) bond motifs is 2. The number of hydrogen-bond acceptors (Lipinski definition) is 6. The second-order valence-corrected chi connectivity index (χ2v) is 8.58. The molecule has 9 heteroatoms. The van der Waals surface area contributed by atoms with Crippen LogP contribution in [0.15, 0.2) is 47.4 Å². The van der Waals surface area contributed by atoms with Crippen molar-refractivity contribution in [1.29, 1.82) is 0 Å². The van der Waals surface area contributed by atoms with E-state index in [4.69, 9.17) is 0 Å². The van der Waals surface area contributed by atoms with Crippen LogP contribution in [0.3, 0.4) is 0 Å². The lowest BCUT2D eigenvalue weighted by atomic mass is 10.1. The zero-order valence-corrected chi connectivity index (χ0v) is 18.6. The van der Waals surface area contributed by atoms with Crippen molar-refractivity contribution in [2.75, 3.05) is 18.4 Å². The molecule has 2 aliphatic heterocycles. The predicted octanol–water partition coefficient (Wildman–Crippen LogP) is 1.39. The van der Waals surface area contributed by atoms with E-state index in [0.29, 0.717) is 37.4 Å². The zero-order valence-electron chi connectivity index (χ0n) is 18.6. The van der Waals surface area contributed by atoms with Crippen LogP contribution in [0, 0.1) is 0 Å². The van der Waals surface area contributed by atoms with Crippen molar-refractivity contribution < 1.29 is 4.79 Å². The molecule has 0 saturated carbocycles.